The number of rotatable bonds is 7. The quantitative estimate of drug-likeness (QED) is 0.714. The fourth-order valence-electron chi connectivity index (χ4n) is 1.69. The number of hydrogen-bond donors (Lipinski definition) is 0. The molecule has 0 aliphatic heterocycles. The van der Waals surface area contributed by atoms with E-state index in [4.69, 9.17) is 0 Å². The molecule has 2 nitrogen and oxygen atoms in total. The van der Waals surface area contributed by atoms with Gasteiger partial charge in [-0.3, -0.25) is 9.69 Å². The van der Waals surface area contributed by atoms with Gasteiger partial charge in [0.2, 0.25) is 0 Å². The van der Waals surface area contributed by atoms with E-state index in [1.807, 2.05) is 24.3 Å². The number of Topliss-reactive ketones (excluding diaryl/α,β-unsaturated/α-hetero) is 1. The van der Waals surface area contributed by atoms with Crippen LogP contribution in [-0.4, -0.2) is 30.3 Å². The highest BCUT2D eigenvalue weighted by Gasteiger charge is 2.10. The summed E-state index contributed by atoms with van der Waals surface area (Å²) in [7, 11) is 0. The molecule has 3 heteroatoms. The lowest BCUT2D eigenvalue weighted by molar-refractivity contribution is 0.0933. The molecule has 0 atom stereocenters. The average Bonchev–Trinajstić information content (AvgIpc) is 2.34. The van der Waals surface area contributed by atoms with Crippen molar-refractivity contribution in [1.29, 1.82) is 0 Å². The van der Waals surface area contributed by atoms with Crippen LogP contribution in [0.4, 0.5) is 0 Å². The SMILES string of the molecule is CCCCN(CC)CC(=O)c1cccc(Br)c1. The molecule has 0 saturated heterocycles. The van der Waals surface area contributed by atoms with Gasteiger partial charge in [0.05, 0.1) is 6.54 Å². The van der Waals surface area contributed by atoms with E-state index in [1.54, 1.807) is 0 Å². The van der Waals surface area contributed by atoms with Crippen molar-refractivity contribution in [2.75, 3.05) is 19.6 Å². The number of nitrogens with zero attached hydrogens (tertiary/aromatic N) is 1. The number of likely N-dealkylation sites (N-methyl/N-ethyl adjacent to an activating group) is 1. The second-order valence-corrected chi connectivity index (χ2v) is 5.07. The van der Waals surface area contributed by atoms with Gasteiger partial charge in [-0.1, -0.05) is 48.3 Å². The molecular formula is C14H20BrNO. The van der Waals surface area contributed by atoms with Gasteiger partial charge in [0.1, 0.15) is 0 Å². The summed E-state index contributed by atoms with van der Waals surface area (Å²) in [6.45, 7) is 6.73. The summed E-state index contributed by atoms with van der Waals surface area (Å²) in [5.74, 6) is 0.198. The van der Waals surface area contributed by atoms with Crippen molar-refractivity contribution in [3.05, 3.63) is 34.3 Å². The number of benzene rings is 1. The van der Waals surface area contributed by atoms with Crippen molar-refractivity contribution >= 4 is 21.7 Å². The molecule has 0 spiro atoms. The molecule has 0 aliphatic rings. The summed E-state index contributed by atoms with van der Waals surface area (Å²) < 4.78 is 0.958. The molecule has 0 fully saturated rings. The van der Waals surface area contributed by atoms with Gasteiger partial charge in [0.15, 0.2) is 5.78 Å². The van der Waals surface area contributed by atoms with E-state index in [2.05, 4.69) is 34.7 Å². The molecule has 0 heterocycles. The maximum absolute atomic E-state index is 12.1. The smallest absolute Gasteiger partial charge is 0.176 e. The molecule has 0 aliphatic carbocycles. The monoisotopic (exact) mass is 297 g/mol. The Morgan fingerprint density at radius 2 is 2.12 bits per heavy atom. The van der Waals surface area contributed by atoms with Crippen LogP contribution in [0, 0.1) is 0 Å². The molecule has 0 amide bonds. The first-order chi connectivity index (χ1) is 8.17. The average molecular weight is 298 g/mol. The number of halogens is 1. The van der Waals surface area contributed by atoms with Crippen molar-refractivity contribution in [2.45, 2.75) is 26.7 Å². The van der Waals surface area contributed by atoms with E-state index in [-0.39, 0.29) is 5.78 Å². The first-order valence-electron chi connectivity index (χ1n) is 6.18. The first kappa shape index (κ1) is 14.4. The third-order valence-corrected chi connectivity index (χ3v) is 3.28. The van der Waals surface area contributed by atoms with Crippen LogP contribution < -0.4 is 0 Å². The van der Waals surface area contributed by atoms with E-state index in [9.17, 15) is 4.79 Å². The van der Waals surface area contributed by atoms with Crippen LogP contribution in [0.2, 0.25) is 0 Å². The first-order valence-corrected chi connectivity index (χ1v) is 6.97. The summed E-state index contributed by atoms with van der Waals surface area (Å²) in [5, 5.41) is 0. The highest BCUT2D eigenvalue weighted by atomic mass is 79.9. The lowest BCUT2D eigenvalue weighted by Gasteiger charge is -2.19. The summed E-state index contributed by atoms with van der Waals surface area (Å²) in [5.41, 5.74) is 0.786. The molecule has 94 valence electrons. The Labute approximate surface area is 112 Å². The lowest BCUT2D eigenvalue weighted by atomic mass is 10.1. The van der Waals surface area contributed by atoms with Crippen molar-refractivity contribution in [2.24, 2.45) is 0 Å². The van der Waals surface area contributed by atoms with Gasteiger partial charge in [0.25, 0.3) is 0 Å². The van der Waals surface area contributed by atoms with Crippen LogP contribution >= 0.6 is 15.9 Å². The Bertz CT molecular complexity index is 365. The van der Waals surface area contributed by atoms with Crippen molar-refractivity contribution in [3.63, 3.8) is 0 Å². The van der Waals surface area contributed by atoms with E-state index < -0.39 is 0 Å². The molecule has 0 bridgehead atoms. The van der Waals surface area contributed by atoms with E-state index in [0.29, 0.717) is 6.54 Å². The lowest BCUT2D eigenvalue weighted by Crippen LogP contribution is -2.30. The summed E-state index contributed by atoms with van der Waals surface area (Å²) in [6, 6.07) is 7.60. The van der Waals surface area contributed by atoms with Crippen molar-refractivity contribution in [3.8, 4) is 0 Å². The second kappa shape index (κ2) is 7.62. The van der Waals surface area contributed by atoms with Gasteiger partial charge in [-0.15, -0.1) is 0 Å². The normalized spacial score (nSPS) is 10.8. The van der Waals surface area contributed by atoms with Gasteiger partial charge in [-0.25, -0.2) is 0 Å². The maximum Gasteiger partial charge on any atom is 0.176 e. The molecule has 1 rings (SSSR count). The van der Waals surface area contributed by atoms with Crippen LogP contribution in [0.3, 0.4) is 0 Å². The molecule has 0 radical (unpaired) electrons. The minimum absolute atomic E-state index is 0.198. The van der Waals surface area contributed by atoms with Crippen LogP contribution in [0.1, 0.15) is 37.0 Å². The minimum atomic E-state index is 0.198. The topological polar surface area (TPSA) is 20.3 Å². The summed E-state index contributed by atoms with van der Waals surface area (Å²) in [6.07, 6.45) is 2.32. The standard InChI is InChI=1S/C14H20BrNO/c1-3-5-9-16(4-2)11-14(17)12-7-6-8-13(15)10-12/h6-8,10H,3-5,9,11H2,1-2H3. The minimum Gasteiger partial charge on any atom is -0.296 e. The summed E-state index contributed by atoms with van der Waals surface area (Å²) >= 11 is 3.39. The van der Waals surface area contributed by atoms with Crippen LogP contribution in [0.25, 0.3) is 0 Å². The van der Waals surface area contributed by atoms with Gasteiger partial charge < -0.3 is 0 Å². The third-order valence-electron chi connectivity index (χ3n) is 2.79. The van der Waals surface area contributed by atoms with Crippen LogP contribution in [0.5, 0.6) is 0 Å². The number of carbonyl (C=O) groups excluding carboxylic acids is 1. The number of unbranched alkanes of at least 4 members (excludes halogenated alkanes) is 1. The van der Waals surface area contributed by atoms with Crippen molar-refractivity contribution < 1.29 is 4.79 Å². The number of carbonyl (C=O) groups is 1. The highest BCUT2D eigenvalue weighted by Crippen LogP contribution is 2.12. The zero-order chi connectivity index (χ0) is 12.7. The zero-order valence-corrected chi connectivity index (χ0v) is 12.2. The molecule has 0 saturated carbocycles. The molecule has 0 unspecified atom stereocenters. The molecule has 1 aromatic carbocycles. The predicted octanol–water partition coefficient (Wildman–Crippen LogP) is 3.75. The van der Waals surface area contributed by atoms with Crippen molar-refractivity contribution in [1.82, 2.24) is 4.90 Å². The second-order valence-electron chi connectivity index (χ2n) is 4.16. The summed E-state index contributed by atoms with van der Waals surface area (Å²) in [4.78, 5) is 14.3. The molecule has 0 N–H and O–H groups in total. The number of hydrogen-bond acceptors (Lipinski definition) is 2. The third kappa shape index (κ3) is 5.00. The Hall–Kier alpha value is -0.670. The molecule has 1 aromatic rings. The Kier molecular flexibility index (Phi) is 6.45. The highest BCUT2D eigenvalue weighted by molar-refractivity contribution is 9.10. The Morgan fingerprint density at radius 1 is 1.35 bits per heavy atom. The molecule has 0 aromatic heterocycles. The van der Waals surface area contributed by atoms with Gasteiger partial charge >= 0.3 is 0 Å². The fraction of sp³-hybridized carbons (Fsp3) is 0.500. The molecule has 17 heavy (non-hydrogen) atoms. The van der Waals surface area contributed by atoms with Crippen LogP contribution in [0.15, 0.2) is 28.7 Å². The van der Waals surface area contributed by atoms with E-state index in [0.717, 1.165) is 29.5 Å². The maximum atomic E-state index is 12.1. The van der Waals surface area contributed by atoms with Gasteiger partial charge in [-0.2, -0.15) is 0 Å². The fourth-order valence-corrected chi connectivity index (χ4v) is 2.09. The van der Waals surface area contributed by atoms with E-state index >= 15 is 0 Å². The predicted molar refractivity (Wildman–Crippen MR) is 75.5 cm³/mol. The van der Waals surface area contributed by atoms with Gasteiger partial charge in [-0.05, 0) is 31.6 Å². The number of ketones is 1. The van der Waals surface area contributed by atoms with E-state index in [1.165, 1.54) is 6.42 Å². The Morgan fingerprint density at radius 3 is 2.71 bits per heavy atom. The van der Waals surface area contributed by atoms with Gasteiger partial charge in [0, 0.05) is 10.0 Å². The Balaban J connectivity index is 2.58. The largest absolute Gasteiger partial charge is 0.296 e. The molecular weight excluding hydrogens is 278 g/mol. The zero-order valence-electron chi connectivity index (χ0n) is 10.6. The van der Waals surface area contributed by atoms with Crippen LogP contribution in [-0.2, 0) is 0 Å².